The van der Waals surface area contributed by atoms with E-state index in [9.17, 15) is 0 Å². The van der Waals surface area contributed by atoms with Crippen molar-refractivity contribution in [2.75, 3.05) is 14.2 Å². The van der Waals surface area contributed by atoms with Crippen LogP contribution in [-0.2, 0) is 0 Å². The Morgan fingerprint density at radius 1 is 0.636 bits per heavy atom. The van der Waals surface area contributed by atoms with Gasteiger partial charge in [-0.15, -0.1) is 0 Å². The predicted molar refractivity (Wildman–Crippen MR) is 90.4 cm³/mol. The summed E-state index contributed by atoms with van der Waals surface area (Å²) >= 11 is 0. The molecule has 0 spiro atoms. The first-order valence-corrected chi connectivity index (χ1v) is 7.01. The fraction of sp³-hybridized carbons (Fsp3) is 0.222. The molecule has 0 aliphatic carbocycles. The summed E-state index contributed by atoms with van der Waals surface area (Å²) in [6.45, 7) is 3.87. The molecule has 0 heterocycles. The number of rotatable bonds is 5. The maximum Gasteiger partial charge on any atom is 0.118 e. The molecule has 0 aromatic heterocycles. The molecule has 0 atom stereocenters. The van der Waals surface area contributed by atoms with Crippen LogP contribution in [0.2, 0.25) is 0 Å². The van der Waals surface area contributed by atoms with Crippen LogP contribution in [0.1, 0.15) is 25.0 Å². The summed E-state index contributed by atoms with van der Waals surface area (Å²) in [5.41, 5.74) is 3.75. The van der Waals surface area contributed by atoms with Gasteiger partial charge < -0.3 is 9.47 Å². The highest BCUT2D eigenvalue weighted by molar-refractivity contribution is 6.01. The summed E-state index contributed by atoms with van der Waals surface area (Å²) in [5, 5.41) is 8.60. The van der Waals surface area contributed by atoms with Crippen LogP contribution >= 0.6 is 0 Å². The second kappa shape index (κ2) is 7.41. The highest BCUT2D eigenvalue weighted by Crippen LogP contribution is 2.13. The van der Waals surface area contributed by atoms with Gasteiger partial charge in [-0.2, -0.15) is 10.2 Å². The summed E-state index contributed by atoms with van der Waals surface area (Å²) in [4.78, 5) is 0. The molecule has 0 aliphatic heterocycles. The molecule has 2 rings (SSSR count). The SMILES string of the molecule is COc1ccc(/C(C)=N\N=C(\C)c2ccc(OC)cc2)cc1. The van der Waals surface area contributed by atoms with Crippen molar-refractivity contribution in [2.24, 2.45) is 10.2 Å². The summed E-state index contributed by atoms with van der Waals surface area (Å²) in [7, 11) is 3.30. The number of hydrogen-bond donors (Lipinski definition) is 0. The van der Waals surface area contributed by atoms with E-state index in [0.717, 1.165) is 34.0 Å². The van der Waals surface area contributed by atoms with E-state index < -0.39 is 0 Å². The zero-order valence-electron chi connectivity index (χ0n) is 13.3. The van der Waals surface area contributed by atoms with Crippen molar-refractivity contribution in [1.29, 1.82) is 0 Å². The van der Waals surface area contributed by atoms with Crippen molar-refractivity contribution >= 4 is 11.4 Å². The first kappa shape index (κ1) is 15.8. The zero-order valence-corrected chi connectivity index (χ0v) is 13.3. The lowest BCUT2D eigenvalue weighted by Crippen LogP contribution is -1.97. The lowest BCUT2D eigenvalue weighted by atomic mass is 10.1. The molecule has 0 bridgehead atoms. The Morgan fingerprint density at radius 2 is 0.955 bits per heavy atom. The third-order valence-corrected chi connectivity index (χ3v) is 3.37. The van der Waals surface area contributed by atoms with Crippen LogP contribution in [0, 0.1) is 0 Å². The van der Waals surface area contributed by atoms with Crippen molar-refractivity contribution in [3.05, 3.63) is 59.7 Å². The molecule has 0 N–H and O–H groups in total. The van der Waals surface area contributed by atoms with Gasteiger partial charge in [-0.05, 0) is 73.5 Å². The van der Waals surface area contributed by atoms with Crippen molar-refractivity contribution in [3.8, 4) is 11.5 Å². The van der Waals surface area contributed by atoms with Crippen molar-refractivity contribution in [2.45, 2.75) is 13.8 Å². The van der Waals surface area contributed by atoms with Crippen LogP contribution < -0.4 is 9.47 Å². The standard InChI is InChI=1S/C18H20N2O2/c1-13(15-5-9-17(21-3)10-6-15)19-20-14(2)16-7-11-18(22-4)12-8-16/h5-12H,1-4H3/b19-13-,20-14-. The van der Waals surface area contributed by atoms with Gasteiger partial charge in [-0.1, -0.05) is 0 Å². The van der Waals surface area contributed by atoms with Gasteiger partial charge in [0.1, 0.15) is 11.5 Å². The highest BCUT2D eigenvalue weighted by atomic mass is 16.5. The Kier molecular flexibility index (Phi) is 5.31. The largest absolute Gasteiger partial charge is 0.497 e. The average molecular weight is 296 g/mol. The second-order valence-corrected chi connectivity index (χ2v) is 4.83. The van der Waals surface area contributed by atoms with Gasteiger partial charge in [-0.3, -0.25) is 0 Å². The normalized spacial score (nSPS) is 12.2. The van der Waals surface area contributed by atoms with E-state index in [4.69, 9.17) is 9.47 Å². The third-order valence-electron chi connectivity index (χ3n) is 3.37. The second-order valence-electron chi connectivity index (χ2n) is 4.83. The number of benzene rings is 2. The summed E-state index contributed by atoms with van der Waals surface area (Å²) in [5.74, 6) is 1.66. The summed E-state index contributed by atoms with van der Waals surface area (Å²) in [6.07, 6.45) is 0. The molecule has 2 aromatic carbocycles. The molecule has 4 heteroatoms. The van der Waals surface area contributed by atoms with Crippen LogP contribution in [0.25, 0.3) is 0 Å². The molecule has 0 amide bonds. The fourth-order valence-electron chi connectivity index (χ4n) is 1.93. The van der Waals surface area contributed by atoms with E-state index in [2.05, 4.69) is 10.2 Å². The predicted octanol–water partition coefficient (Wildman–Crippen LogP) is 3.94. The van der Waals surface area contributed by atoms with Gasteiger partial charge >= 0.3 is 0 Å². The van der Waals surface area contributed by atoms with E-state index in [-0.39, 0.29) is 0 Å². The quantitative estimate of drug-likeness (QED) is 0.619. The van der Waals surface area contributed by atoms with Gasteiger partial charge in [-0.25, -0.2) is 0 Å². The number of hydrogen-bond acceptors (Lipinski definition) is 4. The molecule has 0 aliphatic rings. The fourth-order valence-corrected chi connectivity index (χ4v) is 1.93. The van der Waals surface area contributed by atoms with Gasteiger partial charge in [0.25, 0.3) is 0 Å². The van der Waals surface area contributed by atoms with Crippen LogP contribution in [-0.4, -0.2) is 25.6 Å². The first-order chi connectivity index (χ1) is 10.6. The maximum atomic E-state index is 5.15. The lowest BCUT2D eigenvalue weighted by molar-refractivity contribution is 0.414. The minimum atomic E-state index is 0.828. The van der Waals surface area contributed by atoms with Crippen molar-refractivity contribution in [1.82, 2.24) is 0 Å². The van der Waals surface area contributed by atoms with E-state index in [1.54, 1.807) is 14.2 Å². The molecule has 22 heavy (non-hydrogen) atoms. The molecule has 4 nitrogen and oxygen atoms in total. The molecule has 0 fully saturated rings. The molecule has 0 saturated heterocycles. The third kappa shape index (κ3) is 3.95. The summed E-state index contributed by atoms with van der Waals surface area (Å²) in [6, 6.07) is 15.5. The molecular formula is C18H20N2O2. The molecule has 2 aromatic rings. The Hall–Kier alpha value is -2.62. The molecule has 0 unspecified atom stereocenters. The van der Waals surface area contributed by atoms with Gasteiger partial charge in [0.15, 0.2) is 0 Å². The van der Waals surface area contributed by atoms with Crippen LogP contribution in [0.5, 0.6) is 11.5 Å². The summed E-state index contributed by atoms with van der Waals surface area (Å²) < 4.78 is 10.3. The molecule has 114 valence electrons. The highest BCUT2D eigenvalue weighted by Gasteiger charge is 2.00. The van der Waals surface area contributed by atoms with Gasteiger partial charge in [0, 0.05) is 0 Å². The van der Waals surface area contributed by atoms with Crippen LogP contribution in [0.15, 0.2) is 58.7 Å². The van der Waals surface area contributed by atoms with Crippen LogP contribution in [0.3, 0.4) is 0 Å². The topological polar surface area (TPSA) is 43.2 Å². The van der Waals surface area contributed by atoms with Gasteiger partial charge in [0.2, 0.25) is 0 Å². The smallest absolute Gasteiger partial charge is 0.118 e. The number of ether oxygens (including phenoxy) is 2. The lowest BCUT2D eigenvalue weighted by Gasteiger charge is -2.03. The minimum absolute atomic E-state index is 0.828. The molecular weight excluding hydrogens is 276 g/mol. The van der Waals surface area contributed by atoms with E-state index >= 15 is 0 Å². The Labute approximate surface area is 131 Å². The average Bonchev–Trinajstić information content (AvgIpc) is 2.59. The maximum absolute atomic E-state index is 5.15. The minimum Gasteiger partial charge on any atom is -0.497 e. The first-order valence-electron chi connectivity index (χ1n) is 7.01. The van der Waals surface area contributed by atoms with E-state index in [1.807, 2.05) is 62.4 Å². The number of nitrogens with zero attached hydrogens (tertiary/aromatic N) is 2. The van der Waals surface area contributed by atoms with E-state index in [1.165, 1.54) is 0 Å². The van der Waals surface area contributed by atoms with Crippen molar-refractivity contribution in [3.63, 3.8) is 0 Å². The van der Waals surface area contributed by atoms with Crippen LogP contribution in [0.4, 0.5) is 0 Å². The Morgan fingerprint density at radius 3 is 1.23 bits per heavy atom. The zero-order chi connectivity index (χ0) is 15.9. The molecule has 0 radical (unpaired) electrons. The molecule has 0 saturated carbocycles. The Balaban J connectivity index is 2.15. The Bertz CT molecular complexity index is 610. The number of methoxy groups -OCH3 is 2. The monoisotopic (exact) mass is 296 g/mol. The van der Waals surface area contributed by atoms with E-state index in [0.29, 0.717) is 0 Å². The van der Waals surface area contributed by atoms with Crippen molar-refractivity contribution < 1.29 is 9.47 Å². The van der Waals surface area contributed by atoms with Gasteiger partial charge in [0.05, 0.1) is 25.6 Å².